The van der Waals surface area contributed by atoms with Crippen LogP contribution < -0.4 is 0 Å². The number of nitriles is 2. The Morgan fingerprint density at radius 2 is 1.25 bits per heavy atom. The minimum absolute atomic E-state index is 0.530. The smallest absolute Gasteiger partial charge is 0.120 e. The molecule has 0 spiro atoms. The topological polar surface area (TPSA) is 73.4 Å². The van der Waals surface area contributed by atoms with Gasteiger partial charge in [-0.05, 0) is 74.5 Å². The highest BCUT2D eigenvalue weighted by molar-refractivity contribution is 8.47. The van der Waals surface area contributed by atoms with Gasteiger partial charge in [-0.1, -0.05) is 12.2 Å². The molecule has 0 aliphatic rings. The molecule has 0 aliphatic carbocycles. The fourth-order valence-corrected chi connectivity index (χ4v) is 4.63. The lowest BCUT2D eigenvalue weighted by atomic mass is 10.1. The van der Waals surface area contributed by atoms with E-state index in [2.05, 4.69) is 22.1 Å². The number of hydrogen-bond donors (Lipinski definition) is 0. The fourth-order valence-electron chi connectivity index (χ4n) is 2.20. The lowest BCUT2D eigenvalue weighted by Crippen LogP contribution is -1.98. The van der Waals surface area contributed by atoms with Crippen molar-refractivity contribution >= 4 is 39.3 Å². The van der Waals surface area contributed by atoms with Crippen molar-refractivity contribution in [3.05, 3.63) is 45.8 Å². The maximum atomic E-state index is 9.34. The van der Waals surface area contributed by atoms with E-state index in [0.29, 0.717) is 24.7 Å². The van der Waals surface area contributed by atoms with Gasteiger partial charge < -0.3 is 0 Å². The van der Waals surface area contributed by atoms with Gasteiger partial charge in [0.25, 0.3) is 0 Å². The zero-order valence-corrected chi connectivity index (χ0v) is 16.1. The normalized spacial score (nSPS) is 10.1. The van der Waals surface area contributed by atoms with Crippen LogP contribution in [0.1, 0.15) is 33.6 Å². The first kappa shape index (κ1) is 18.4. The highest BCUT2D eigenvalue weighted by Gasteiger charge is 2.16. The molecule has 0 amide bonds. The molecule has 0 bridgehead atoms. The molecule has 0 N–H and O–H groups in total. The lowest BCUT2D eigenvalue weighted by molar-refractivity contribution is 1.03. The molecule has 2 aromatic rings. The van der Waals surface area contributed by atoms with Crippen molar-refractivity contribution in [3.8, 4) is 12.1 Å². The van der Waals surface area contributed by atoms with Gasteiger partial charge in [0, 0.05) is 11.4 Å². The molecule has 2 rings (SSSR count). The monoisotopic (exact) mass is 370 g/mol. The van der Waals surface area contributed by atoms with Gasteiger partial charge >= 0.3 is 0 Å². The molecule has 0 unspecified atom stereocenters. The van der Waals surface area contributed by atoms with Crippen molar-refractivity contribution in [2.45, 2.75) is 37.7 Å². The molecular formula is C17H14N4S3. The van der Waals surface area contributed by atoms with Gasteiger partial charge in [0.2, 0.25) is 0 Å². The van der Waals surface area contributed by atoms with Crippen molar-refractivity contribution in [2.75, 3.05) is 0 Å². The van der Waals surface area contributed by atoms with E-state index >= 15 is 0 Å². The number of nitrogens with zero attached hydrogens (tertiary/aromatic N) is 4. The van der Waals surface area contributed by atoms with E-state index < -0.39 is 0 Å². The summed E-state index contributed by atoms with van der Waals surface area (Å²) in [6.45, 7) is 7.53. The lowest BCUT2D eigenvalue weighted by Gasteiger charge is -2.09. The van der Waals surface area contributed by atoms with Crippen LogP contribution in [0.4, 0.5) is 0 Å². The summed E-state index contributed by atoms with van der Waals surface area (Å²) in [5, 5.41) is 19.9. The summed E-state index contributed by atoms with van der Waals surface area (Å²) in [5.74, 6) is 0. The Morgan fingerprint density at radius 3 is 1.58 bits per heavy atom. The van der Waals surface area contributed by atoms with Gasteiger partial charge in [0.15, 0.2) is 0 Å². The Labute approximate surface area is 155 Å². The molecule has 0 saturated carbocycles. The van der Waals surface area contributed by atoms with E-state index in [0.717, 1.165) is 22.5 Å². The van der Waals surface area contributed by atoms with Crippen LogP contribution in [0.3, 0.4) is 0 Å². The molecule has 0 aromatic carbocycles. The molecule has 0 atom stereocenters. The first-order chi connectivity index (χ1) is 11.3. The van der Waals surface area contributed by atoms with Crippen molar-refractivity contribution in [1.29, 1.82) is 10.5 Å². The molecular weight excluding hydrogens is 356 g/mol. The van der Waals surface area contributed by atoms with Gasteiger partial charge in [-0.15, -0.1) is 0 Å². The highest BCUT2D eigenvalue weighted by atomic mass is 32.2. The highest BCUT2D eigenvalue weighted by Crippen LogP contribution is 2.34. The second-order valence-electron chi connectivity index (χ2n) is 5.20. The van der Waals surface area contributed by atoms with Gasteiger partial charge in [-0.25, -0.2) is 9.97 Å². The summed E-state index contributed by atoms with van der Waals surface area (Å²) in [7, 11) is 0. The summed E-state index contributed by atoms with van der Waals surface area (Å²) in [5.41, 5.74) is 4.49. The van der Waals surface area contributed by atoms with Crippen LogP contribution in [-0.4, -0.2) is 13.5 Å². The second-order valence-corrected chi connectivity index (χ2v) is 8.38. The third kappa shape index (κ3) is 4.12. The average Bonchev–Trinajstić information content (AvgIpc) is 2.46. The molecule has 0 aliphatic heterocycles. The van der Waals surface area contributed by atoms with Crippen LogP contribution in [0, 0.1) is 50.4 Å². The maximum Gasteiger partial charge on any atom is 0.120 e. The number of thiocarbonyl (C=S) groups is 1. The van der Waals surface area contributed by atoms with Crippen molar-refractivity contribution in [2.24, 2.45) is 0 Å². The Morgan fingerprint density at radius 1 is 0.875 bits per heavy atom. The average molecular weight is 371 g/mol. The number of thioether (sulfide) groups is 2. The Hall–Kier alpha value is -1.93. The van der Waals surface area contributed by atoms with E-state index in [1.165, 1.54) is 23.5 Å². The molecule has 24 heavy (non-hydrogen) atoms. The van der Waals surface area contributed by atoms with E-state index in [4.69, 9.17) is 12.2 Å². The van der Waals surface area contributed by atoms with Crippen LogP contribution >= 0.6 is 35.7 Å². The van der Waals surface area contributed by atoms with Gasteiger partial charge in [0.05, 0.1) is 11.1 Å². The predicted molar refractivity (Wildman–Crippen MR) is 101 cm³/mol. The van der Waals surface area contributed by atoms with Crippen LogP contribution in [0.2, 0.25) is 0 Å². The number of aryl methyl sites for hydroxylation is 4. The molecule has 4 nitrogen and oxygen atoms in total. The first-order valence-electron chi connectivity index (χ1n) is 7.02. The van der Waals surface area contributed by atoms with E-state index in [-0.39, 0.29) is 0 Å². The second kappa shape index (κ2) is 7.76. The molecule has 0 fully saturated rings. The predicted octanol–water partition coefficient (Wildman–Crippen LogP) is 4.62. The summed E-state index contributed by atoms with van der Waals surface area (Å²) in [4.78, 5) is 8.84. The van der Waals surface area contributed by atoms with Crippen molar-refractivity contribution in [1.82, 2.24) is 9.97 Å². The standard InChI is InChI=1S/C17H14N4S3/c1-9-5-11(3)20-15(13(9)7-18)23-17(22)24-16-14(8-19)10(2)6-12(4)21-16/h5-6H,1-4H3. The van der Waals surface area contributed by atoms with Crippen molar-refractivity contribution < 1.29 is 0 Å². The zero-order chi connectivity index (χ0) is 17.9. The zero-order valence-electron chi connectivity index (χ0n) is 13.7. The largest absolute Gasteiger partial charge is 0.245 e. The third-order valence-corrected chi connectivity index (χ3v) is 5.52. The summed E-state index contributed by atoms with van der Waals surface area (Å²) in [6.07, 6.45) is 0. The fraction of sp³-hybridized carbons (Fsp3) is 0.235. The van der Waals surface area contributed by atoms with E-state index in [9.17, 15) is 10.5 Å². The summed E-state index contributed by atoms with van der Waals surface area (Å²) >= 11 is 7.95. The summed E-state index contributed by atoms with van der Waals surface area (Å²) < 4.78 is 0.554. The van der Waals surface area contributed by atoms with E-state index in [1.807, 2.05) is 39.8 Å². The molecule has 2 heterocycles. The minimum atomic E-state index is 0.530. The quantitative estimate of drug-likeness (QED) is 0.564. The molecule has 0 saturated heterocycles. The Balaban J connectivity index is 2.31. The van der Waals surface area contributed by atoms with Crippen LogP contribution in [-0.2, 0) is 0 Å². The first-order valence-corrected chi connectivity index (χ1v) is 9.06. The van der Waals surface area contributed by atoms with Gasteiger partial charge in [0.1, 0.15) is 25.7 Å². The number of rotatable bonds is 2. The molecule has 2 aromatic heterocycles. The third-order valence-electron chi connectivity index (χ3n) is 3.21. The maximum absolute atomic E-state index is 9.34. The number of aromatic nitrogens is 2. The number of hydrogen-bond acceptors (Lipinski definition) is 7. The SMILES string of the molecule is Cc1cc(C)c(C#N)c(SC(=S)Sc2nc(C)cc(C)c2C#N)n1. The van der Waals surface area contributed by atoms with Crippen LogP contribution in [0.15, 0.2) is 22.2 Å². The number of pyridine rings is 2. The van der Waals surface area contributed by atoms with Crippen molar-refractivity contribution in [3.63, 3.8) is 0 Å². The Kier molecular flexibility index (Phi) is 5.95. The molecule has 120 valence electrons. The van der Waals surface area contributed by atoms with Gasteiger partial charge in [-0.3, -0.25) is 0 Å². The van der Waals surface area contributed by atoms with Gasteiger partial charge in [-0.2, -0.15) is 10.5 Å². The van der Waals surface area contributed by atoms with E-state index in [1.54, 1.807) is 0 Å². The Bertz CT molecular complexity index is 834. The minimum Gasteiger partial charge on any atom is -0.245 e. The summed E-state index contributed by atoms with van der Waals surface area (Å²) in [6, 6.07) is 8.11. The van der Waals surface area contributed by atoms with Crippen LogP contribution in [0.5, 0.6) is 0 Å². The van der Waals surface area contributed by atoms with Crippen LogP contribution in [0.25, 0.3) is 0 Å². The molecule has 0 radical (unpaired) electrons. The molecule has 7 heteroatoms.